The van der Waals surface area contributed by atoms with E-state index in [0.29, 0.717) is 6.04 Å². The number of rotatable bonds is 5. The third kappa shape index (κ3) is 3.18. The quantitative estimate of drug-likeness (QED) is 0.786. The van der Waals surface area contributed by atoms with Gasteiger partial charge in [-0.1, -0.05) is 31.2 Å². The van der Waals surface area contributed by atoms with E-state index in [-0.39, 0.29) is 24.4 Å². The van der Waals surface area contributed by atoms with Gasteiger partial charge in [0.05, 0.1) is 0 Å². The SMILES string of the molecule is CC[C@@H](N[C@@H]1C=C[C@H](CO)C1)c1ccc(F)cc1. The monoisotopic (exact) mass is 249 g/mol. The summed E-state index contributed by atoms with van der Waals surface area (Å²) in [5, 5.41) is 12.6. The molecule has 1 aliphatic carbocycles. The summed E-state index contributed by atoms with van der Waals surface area (Å²) < 4.78 is 12.9. The number of hydrogen-bond donors (Lipinski definition) is 2. The van der Waals surface area contributed by atoms with E-state index in [9.17, 15) is 4.39 Å². The van der Waals surface area contributed by atoms with Gasteiger partial charge in [-0.15, -0.1) is 0 Å². The summed E-state index contributed by atoms with van der Waals surface area (Å²) in [4.78, 5) is 0. The highest BCUT2D eigenvalue weighted by molar-refractivity contribution is 5.21. The Morgan fingerprint density at radius 1 is 1.33 bits per heavy atom. The van der Waals surface area contributed by atoms with Crippen molar-refractivity contribution in [3.63, 3.8) is 0 Å². The zero-order chi connectivity index (χ0) is 13.0. The number of benzene rings is 1. The molecule has 18 heavy (non-hydrogen) atoms. The first-order valence-electron chi connectivity index (χ1n) is 6.53. The molecule has 3 heteroatoms. The van der Waals surface area contributed by atoms with Crippen molar-refractivity contribution in [2.75, 3.05) is 6.61 Å². The van der Waals surface area contributed by atoms with Crippen molar-refractivity contribution in [2.24, 2.45) is 5.92 Å². The van der Waals surface area contributed by atoms with E-state index in [4.69, 9.17) is 5.11 Å². The first-order chi connectivity index (χ1) is 8.72. The predicted octanol–water partition coefficient (Wildman–Crippen LogP) is 2.80. The molecule has 0 saturated heterocycles. The van der Waals surface area contributed by atoms with E-state index in [1.165, 1.54) is 12.1 Å². The average Bonchev–Trinajstić information content (AvgIpc) is 2.85. The van der Waals surface area contributed by atoms with E-state index in [2.05, 4.69) is 24.4 Å². The van der Waals surface area contributed by atoms with Crippen LogP contribution in [0.3, 0.4) is 0 Å². The summed E-state index contributed by atoms with van der Waals surface area (Å²) in [7, 11) is 0. The number of nitrogens with one attached hydrogen (secondary N) is 1. The van der Waals surface area contributed by atoms with Crippen LogP contribution in [0.15, 0.2) is 36.4 Å². The molecule has 0 fully saturated rings. The summed E-state index contributed by atoms with van der Waals surface area (Å²) in [6.45, 7) is 2.32. The van der Waals surface area contributed by atoms with Crippen LogP contribution in [0, 0.1) is 11.7 Å². The first kappa shape index (κ1) is 13.2. The molecule has 2 nitrogen and oxygen atoms in total. The molecule has 1 aliphatic rings. The molecule has 0 saturated carbocycles. The van der Waals surface area contributed by atoms with Gasteiger partial charge in [0, 0.05) is 24.6 Å². The van der Waals surface area contributed by atoms with E-state index in [0.717, 1.165) is 18.4 Å². The summed E-state index contributed by atoms with van der Waals surface area (Å²) in [6, 6.07) is 7.20. The predicted molar refractivity (Wildman–Crippen MR) is 70.7 cm³/mol. The van der Waals surface area contributed by atoms with Gasteiger partial charge in [-0.25, -0.2) is 4.39 Å². The minimum absolute atomic E-state index is 0.199. The van der Waals surface area contributed by atoms with Crippen molar-refractivity contribution in [3.8, 4) is 0 Å². The lowest BCUT2D eigenvalue weighted by atomic mass is 10.0. The highest BCUT2D eigenvalue weighted by Crippen LogP contribution is 2.23. The summed E-state index contributed by atoms with van der Waals surface area (Å²) in [6.07, 6.45) is 6.08. The Morgan fingerprint density at radius 3 is 2.61 bits per heavy atom. The Kier molecular flexibility index (Phi) is 4.50. The maximum absolute atomic E-state index is 12.9. The van der Waals surface area contributed by atoms with Gasteiger partial charge in [-0.2, -0.15) is 0 Å². The highest BCUT2D eigenvalue weighted by atomic mass is 19.1. The zero-order valence-electron chi connectivity index (χ0n) is 10.6. The van der Waals surface area contributed by atoms with E-state index in [1.54, 1.807) is 0 Å². The second-order valence-electron chi connectivity index (χ2n) is 4.85. The molecule has 0 unspecified atom stereocenters. The van der Waals surface area contributed by atoms with Crippen molar-refractivity contribution in [1.29, 1.82) is 0 Å². The van der Waals surface area contributed by atoms with Crippen LogP contribution in [0.4, 0.5) is 4.39 Å². The highest BCUT2D eigenvalue weighted by Gasteiger charge is 2.20. The molecule has 0 spiro atoms. The van der Waals surface area contributed by atoms with Crippen LogP contribution in [-0.4, -0.2) is 17.8 Å². The van der Waals surface area contributed by atoms with Crippen LogP contribution >= 0.6 is 0 Å². The normalized spacial score (nSPS) is 24.4. The molecule has 0 heterocycles. The number of halogens is 1. The van der Waals surface area contributed by atoms with Gasteiger partial charge in [-0.3, -0.25) is 0 Å². The Hall–Kier alpha value is -1.19. The molecule has 1 aromatic rings. The number of hydrogen-bond acceptors (Lipinski definition) is 2. The van der Waals surface area contributed by atoms with Gasteiger partial charge in [0.15, 0.2) is 0 Å². The van der Waals surface area contributed by atoms with Crippen LogP contribution < -0.4 is 5.32 Å². The topological polar surface area (TPSA) is 32.3 Å². The third-order valence-electron chi connectivity index (χ3n) is 3.50. The lowest BCUT2D eigenvalue weighted by molar-refractivity contribution is 0.244. The van der Waals surface area contributed by atoms with Gasteiger partial charge in [0.25, 0.3) is 0 Å². The van der Waals surface area contributed by atoms with Crippen LogP contribution in [0.5, 0.6) is 0 Å². The van der Waals surface area contributed by atoms with Gasteiger partial charge in [-0.05, 0) is 30.5 Å². The fourth-order valence-electron chi connectivity index (χ4n) is 2.44. The van der Waals surface area contributed by atoms with Crippen molar-refractivity contribution in [2.45, 2.75) is 31.8 Å². The van der Waals surface area contributed by atoms with Gasteiger partial charge >= 0.3 is 0 Å². The molecular weight excluding hydrogens is 229 g/mol. The van der Waals surface area contributed by atoms with Gasteiger partial charge in [0.1, 0.15) is 5.82 Å². The molecule has 98 valence electrons. The lowest BCUT2D eigenvalue weighted by Crippen LogP contribution is -2.30. The summed E-state index contributed by atoms with van der Waals surface area (Å²) >= 11 is 0. The fourth-order valence-corrected chi connectivity index (χ4v) is 2.44. The minimum atomic E-state index is -0.199. The molecule has 0 aromatic heterocycles. The van der Waals surface area contributed by atoms with E-state index in [1.807, 2.05) is 12.1 Å². The van der Waals surface area contributed by atoms with Gasteiger partial charge in [0.2, 0.25) is 0 Å². The molecule has 2 N–H and O–H groups in total. The van der Waals surface area contributed by atoms with E-state index >= 15 is 0 Å². The second kappa shape index (κ2) is 6.12. The Bertz CT molecular complexity index is 401. The minimum Gasteiger partial charge on any atom is -0.396 e. The van der Waals surface area contributed by atoms with Gasteiger partial charge < -0.3 is 10.4 Å². The number of aliphatic hydroxyl groups excluding tert-OH is 1. The van der Waals surface area contributed by atoms with Crippen molar-refractivity contribution >= 4 is 0 Å². The fraction of sp³-hybridized carbons (Fsp3) is 0.467. The second-order valence-corrected chi connectivity index (χ2v) is 4.85. The van der Waals surface area contributed by atoms with Crippen LogP contribution in [0.2, 0.25) is 0 Å². The molecule has 0 amide bonds. The van der Waals surface area contributed by atoms with Crippen LogP contribution in [-0.2, 0) is 0 Å². The molecular formula is C15H20FNO. The molecule has 0 aliphatic heterocycles. The van der Waals surface area contributed by atoms with Crippen molar-refractivity contribution < 1.29 is 9.50 Å². The molecule has 1 aromatic carbocycles. The molecule has 0 radical (unpaired) electrons. The van der Waals surface area contributed by atoms with Crippen LogP contribution in [0.25, 0.3) is 0 Å². The lowest BCUT2D eigenvalue weighted by Gasteiger charge is -2.22. The van der Waals surface area contributed by atoms with Crippen LogP contribution in [0.1, 0.15) is 31.4 Å². The number of aliphatic hydroxyl groups is 1. The Morgan fingerprint density at radius 2 is 2.06 bits per heavy atom. The molecule has 3 atom stereocenters. The zero-order valence-corrected chi connectivity index (χ0v) is 10.6. The Balaban J connectivity index is 1.98. The smallest absolute Gasteiger partial charge is 0.123 e. The Labute approximate surface area is 108 Å². The third-order valence-corrected chi connectivity index (χ3v) is 3.50. The molecule has 2 rings (SSSR count). The average molecular weight is 249 g/mol. The maximum atomic E-state index is 12.9. The van der Waals surface area contributed by atoms with Crippen molar-refractivity contribution in [1.82, 2.24) is 5.32 Å². The first-order valence-corrected chi connectivity index (χ1v) is 6.53. The summed E-state index contributed by atoms with van der Waals surface area (Å²) in [5.41, 5.74) is 1.11. The van der Waals surface area contributed by atoms with E-state index < -0.39 is 0 Å². The summed E-state index contributed by atoms with van der Waals surface area (Å²) in [5.74, 6) is 0.0722. The largest absolute Gasteiger partial charge is 0.396 e. The molecule has 0 bridgehead atoms. The standard InChI is InChI=1S/C15H20FNO/c1-2-15(12-4-6-13(16)7-5-12)17-14-8-3-11(9-14)10-18/h3-8,11,14-15,17-18H,2,9-10H2,1H3/t11-,14+,15+/m0/s1. The maximum Gasteiger partial charge on any atom is 0.123 e. The van der Waals surface area contributed by atoms with Crippen molar-refractivity contribution in [3.05, 3.63) is 47.8 Å².